The zero-order chi connectivity index (χ0) is 15.3. The van der Waals surface area contributed by atoms with Crippen LogP contribution >= 0.6 is 11.8 Å². The van der Waals surface area contributed by atoms with Crippen LogP contribution in [0.2, 0.25) is 0 Å². The van der Waals surface area contributed by atoms with Gasteiger partial charge in [0.05, 0.1) is 0 Å². The van der Waals surface area contributed by atoms with Gasteiger partial charge in [0.15, 0.2) is 0 Å². The van der Waals surface area contributed by atoms with Crippen molar-refractivity contribution in [1.82, 2.24) is 5.32 Å². The second-order valence-corrected chi connectivity index (χ2v) is 6.96. The Balaban J connectivity index is 1.89. The summed E-state index contributed by atoms with van der Waals surface area (Å²) in [6.07, 6.45) is 4.07. The van der Waals surface area contributed by atoms with E-state index in [1.165, 1.54) is 0 Å². The summed E-state index contributed by atoms with van der Waals surface area (Å²) in [4.78, 5) is 12.1. The topological polar surface area (TPSA) is 50.4 Å². The Morgan fingerprint density at radius 1 is 1.24 bits per heavy atom. The first-order chi connectivity index (χ1) is 10.0. The molecule has 1 aromatic carbocycles. The van der Waals surface area contributed by atoms with E-state index in [0.717, 1.165) is 42.9 Å². The van der Waals surface area contributed by atoms with E-state index in [0.29, 0.717) is 6.54 Å². The smallest absolute Gasteiger partial charge is 0.319 e. The Morgan fingerprint density at radius 3 is 2.43 bits per heavy atom. The van der Waals surface area contributed by atoms with Crippen LogP contribution < -0.4 is 10.6 Å². The van der Waals surface area contributed by atoms with E-state index in [2.05, 4.69) is 23.0 Å². The molecule has 1 fully saturated rings. The monoisotopic (exact) mass is 308 g/mol. The number of carbonyl (C=O) groups is 1. The highest BCUT2D eigenvalue weighted by Gasteiger charge is 2.32. The summed E-state index contributed by atoms with van der Waals surface area (Å²) >= 11 is 1.82. The number of rotatable bonds is 4. The standard InChI is InChI=1S/C16H24N2O2S/c1-12-8-13(2)10-14(9-12)18-15(19)17-11-16(21-3)4-6-20-7-5-16/h8-10H,4-7,11H2,1-3H3,(H2,17,18,19). The SMILES string of the molecule is CSC1(CNC(=O)Nc2cc(C)cc(C)c2)CCOCC1. The van der Waals surface area contributed by atoms with Crippen LogP contribution in [0.15, 0.2) is 18.2 Å². The molecule has 2 N–H and O–H groups in total. The lowest BCUT2D eigenvalue weighted by Crippen LogP contribution is -2.45. The van der Waals surface area contributed by atoms with Gasteiger partial charge in [-0.2, -0.15) is 11.8 Å². The quantitative estimate of drug-likeness (QED) is 0.897. The van der Waals surface area contributed by atoms with Crippen molar-refractivity contribution in [2.75, 3.05) is 31.3 Å². The Morgan fingerprint density at radius 2 is 1.86 bits per heavy atom. The van der Waals surface area contributed by atoms with Crippen LogP contribution in [0.25, 0.3) is 0 Å². The van der Waals surface area contributed by atoms with E-state index in [1.54, 1.807) is 0 Å². The molecule has 1 aromatic rings. The van der Waals surface area contributed by atoms with Crippen molar-refractivity contribution in [1.29, 1.82) is 0 Å². The molecule has 21 heavy (non-hydrogen) atoms. The van der Waals surface area contributed by atoms with Crippen molar-refractivity contribution in [3.8, 4) is 0 Å². The molecule has 0 aromatic heterocycles. The summed E-state index contributed by atoms with van der Waals surface area (Å²) in [6, 6.07) is 5.91. The van der Waals surface area contributed by atoms with Gasteiger partial charge in [-0.25, -0.2) is 4.79 Å². The summed E-state index contributed by atoms with van der Waals surface area (Å²) in [7, 11) is 0. The molecule has 0 bridgehead atoms. The van der Waals surface area contributed by atoms with Crippen molar-refractivity contribution < 1.29 is 9.53 Å². The average molecular weight is 308 g/mol. The molecule has 0 saturated carbocycles. The van der Waals surface area contributed by atoms with Gasteiger partial charge >= 0.3 is 6.03 Å². The van der Waals surface area contributed by atoms with Crippen molar-refractivity contribution >= 4 is 23.5 Å². The van der Waals surface area contributed by atoms with Crippen LogP contribution in [0.4, 0.5) is 10.5 Å². The van der Waals surface area contributed by atoms with Crippen molar-refractivity contribution in [2.45, 2.75) is 31.4 Å². The highest BCUT2D eigenvalue weighted by Crippen LogP contribution is 2.32. The fraction of sp³-hybridized carbons (Fsp3) is 0.562. The van der Waals surface area contributed by atoms with Crippen LogP contribution in [0.3, 0.4) is 0 Å². The molecule has 4 nitrogen and oxygen atoms in total. The lowest BCUT2D eigenvalue weighted by Gasteiger charge is -2.35. The number of hydrogen-bond acceptors (Lipinski definition) is 3. The Bertz CT molecular complexity index is 479. The Kier molecular flexibility index (Phi) is 5.53. The molecule has 0 aliphatic carbocycles. The molecule has 0 unspecified atom stereocenters. The van der Waals surface area contributed by atoms with E-state index in [-0.39, 0.29) is 10.8 Å². The van der Waals surface area contributed by atoms with Gasteiger partial charge in [-0.05, 0) is 56.2 Å². The van der Waals surface area contributed by atoms with Gasteiger partial charge in [0, 0.05) is 30.2 Å². The molecule has 1 saturated heterocycles. The average Bonchev–Trinajstić information content (AvgIpc) is 2.45. The third-order valence-electron chi connectivity index (χ3n) is 3.89. The summed E-state index contributed by atoms with van der Waals surface area (Å²) in [5, 5.41) is 5.92. The lowest BCUT2D eigenvalue weighted by atomic mass is 9.99. The Labute approximate surface area is 131 Å². The number of ether oxygens (including phenoxy) is 1. The number of urea groups is 1. The minimum Gasteiger partial charge on any atom is -0.381 e. The van der Waals surface area contributed by atoms with Crippen LogP contribution in [0.5, 0.6) is 0 Å². The van der Waals surface area contributed by atoms with Crippen molar-refractivity contribution in [3.63, 3.8) is 0 Å². The first-order valence-electron chi connectivity index (χ1n) is 7.29. The van der Waals surface area contributed by atoms with E-state index in [9.17, 15) is 4.79 Å². The Hall–Kier alpha value is -1.20. The second-order valence-electron chi connectivity index (χ2n) is 5.68. The molecular formula is C16H24N2O2S. The number of hydrogen-bond donors (Lipinski definition) is 2. The van der Waals surface area contributed by atoms with Gasteiger partial charge < -0.3 is 15.4 Å². The summed E-state index contributed by atoms with van der Waals surface area (Å²) in [6.45, 7) is 6.29. The zero-order valence-electron chi connectivity index (χ0n) is 13.0. The minimum absolute atomic E-state index is 0.109. The highest BCUT2D eigenvalue weighted by atomic mass is 32.2. The largest absolute Gasteiger partial charge is 0.381 e. The van der Waals surface area contributed by atoms with Gasteiger partial charge in [-0.1, -0.05) is 6.07 Å². The normalized spacial score (nSPS) is 17.3. The molecular weight excluding hydrogens is 284 g/mol. The number of carbonyl (C=O) groups excluding carboxylic acids is 1. The molecule has 1 aliphatic rings. The molecule has 2 amide bonds. The summed E-state index contributed by atoms with van der Waals surface area (Å²) in [5.41, 5.74) is 3.14. The summed E-state index contributed by atoms with van der Waals surface area (Å²) < 4.78 is 5.52. The van der Waals surface area contributed by atoms with Gasteiger partial charge in [0.1, 0.15) is 0 Å². The fourth-order valence-electron chi connectivity index (χ4n) is 2.66. The van der Waals surface area contributed by atoms with Crippen molar-refractivity contribution in [2.24, 2.45) is 0 Å². The van der Waals surface area contributed by atoms with Crippen LogP contribution in [0, 0.1) is 13.8 Å². The van der Waals surface area contributed by atoms with Crippen LogP contribution in [-0.4, -0.2) is 36.8 Å². The van der Waals surface area contributed by atoms with E-state index < -0.39 is 0 Å². The maximum atomic E-state index is 12.1. The molecule has 2 rings (SSSR count). The minimum atomic E-state index is -0.139. The number of amides is 2. The maximum Gasteiger partial charge on any atom is 0.319 e. The third kappa shape index (κ3) is 4.64. The molecule has 116 valence electrons. The van der Waals surface area contributed by atoms with Crippen molar-refractivity contribution in [3.05, 3.63) is 29.3 Å². The van der Waals surface area contributed by atoms with Gasteiger partial charge in [-0.3, -0.25) is 0 Å². The molecule has 0 atom stereocenters. The van der Waals surface area contributed by atoms with Crippen LogP contribution in [-0.2, 0) is 4.74 Å². The first kappa shape index (κ1) is 16.2. The van der Waals surface area contributed by atoms with Gasteiger partial charge in [0.2, 0.25) is 0 Å². The fourth-order valence-corrected chi connectivity index (χ4v) is 3.45. The van der Waals surface area contributed by atoms with E-state index in [4.69, 9.17) is 4.74 Å². The second kappa shape index (κ2) is 7.18. The predicted molar refractivity (Wildman–Crippen MR) is 89.2 cm³/mol. The number of anilines is 1. The van der Waals surface area contributed by atoms with E-state index >= 15 is 0 Å². The molecule has 0 radical (unpaired) electrons. The van der Waals surface area contributed by atoms with Gasteiger partial charge in [-0.15, -0.1) is 0 Å². The predicted octanol–water partition coefficient (Wildman–Crippen LogP) is 3.34. The first-order valence-corrected chi connectivity index (χ1v) is 8.51. The highest BCUT2D eigenvalue weighted by molar-refractivity contribution is 8.00. The van der Waals surface area contributed by atoms with E-state index in [1.807, 2.05) is 37.7 Å². The molecule has 5 heteroatoms. The number of thioether (sulfide) groups is 1. The number of benzene rings is 1. The maximum absolute atomic E-state index is 12.1. The van der Waals surface area contributed by atoms with Crippen LogP contribution in [0.1, 0.15) is 24.0 Å². The van der Waals surface area contributed by atoms with Gasteiger partial charge in [0.25, 0.3) is 0 Å². The zero-order valence-corrected chi connectivity index (χ0v) is 13.8. The number of nitrogens with one attached hydrogen (secondary N) is 2. The molecule has 1 aliphatic heterocycles. The summed E-state index contributed by atoms with van der Waals surface area (Å²) in [5.74, 6) is 0. The number of aryl methyl sites for hydroxylation is 2. The molecule has 1 heterocycles. The third-order valence-corrected chi connectivity index (χ3v) is 5.31. The lowest BCUT2D eigenvalue weighted by molar-refractivity contribution is 0.0778. The molecule has 0 spiro atoms.